The number of hydrogen-bond acceptors (Lipinski definition) is 4. The highest BCUT2D eigenvalue weighted by Crippen LogP contribution is 2.12. The first kappa shape index (κ1) is 14.9. The maximum atomic E-state index is 9.32. The Bertz CT molecular complexity index is 212. The molecule has 1 saturated heterocycles. The molecule has 3 atom stereocenters. The lowest BCUT2D eigenvalue weighted by molar-refractivity contribution is -0.0506. The Hall–Kier alpha value is -0.160. The van der Waals surface area contributed by atoms with Gasteiger partial charge in [0.15, 0.2) is 0 Å². The lowest BCUT2D eigenvalue weighted by Gasteiger charge is -2.37. The number of hydrogen-bond donors (Lipinski definition) is 2. The fourth-order valence-corrected chi connectivity index (χ4v) is 2.30. The summed E-state index contributed by atoms with van der Waals surface area (Å²) in [5.41, 5.74) is 0. The predicted molar refractivity (Wildman–Crippen MR) is 70.2 cm³/mol. The molecule has 0 amide bonds. The molecular weight excluding hydrogens is 216 g/mol. The third kappa shape index (κ3) is 5.34. The minimum absolute atomic E-state index is 0.209. The number of nitrogens with zero attached hydrogens (tertiary/aromatic N) is 1. The second-order valence-corrected chi connectivity index (χ2v) is 5.48. The lowest BCUT2D eigenvalue weighted by Crippen LogP contribution is -2.49. The smallest absolute Gasteiger partial charge is 0.0674 e. The van der Waals surface area contributed by atoms with Gasteiger partial charge in [0, 0.05) is 31.2 Å². The number of ether oxygens (including phenoxy) is 1. The van der Waals surface area contributed by atoms with E-state index in [1.165, 1.54) is 0 Å². The SMILES string of the molecule is CC(C)NC(CO)CCN1CC(C)OCC1C. The van der Waals surface area contributed by atoms with E-state index in [1.54, 1.807) is 0 Å². The highest BCUT2D eigenvalue weighted by molar-refractivity contribution is 4.78. The zero-order valence-electron chi connectivity index (χ0n) is 11.6. The van der Waals surface area contributed by atoms with Crippen molar-refractivity contribution in [1.29, 1.82) is 0 Å². The normalized spacial score (nSPS) is 28.6. The number of nitrogens with one attached hydrogen (secondary N) is 1. The molecular formula is C13H28N2O2. The van der Waals surface area contributed by atoms with Gasteiger partial charge in [0.05, 0.1) is 19.3 Å². The van der Waals surface area contributed by atoms with Gasteiger partial charge in [-0.15, -0.1) is 0 Å². The van der Waals surface area contributed by atoms with Crippen LogP contribution in [0.3, 0.4) is 0 Å². The topological polar surface area (TPSA) is 44.7 Å². The van der Waals surface area contributed by atoms with Crippen LogP contribution < -0.4 is 5.32 Å². The van der Waals surface area contributed by atoms with E-state index in [0.717, 1.165) is 26.1 Å². The maximum absolute atomic E-state index is 9.32. The number of aliphatic hydroxyl groups is 1. The number of morpholine rings is 1. The van der Waals surface area contributed by atoms with Gasteiger partial charge in [-0.1, -0.05) is 13.8 Å². The van der Waals surface area contributed by atoms with E-state index in [4.69, 9.17) is 4.74 Å². The molecule has 17 heavy (non-hydrogen) atoms. The summed E-state index contributed by atoms with van der Waals surface area (Å²) in [6.07, 6.45) is 1.32. The van der Waals surface area contributed by atoms with Gasteiger partial charge in [-0.2, -0.15) is 0 Å². The molecule has 4 nitrogen and oxygen atoms in total. The van der Waals surface area contributed by atoms with Crippen LogP contribution in [0.15, 0.2) is 0 Å². The highest BCUT2D eigenvalue weighted by Gasteiger charge is 2.23. The summed E-state index contributed by atoms with van der Waals surface area (Å²) < 4.78 is 5.61. The predicted octanol–water partition coefficient (Wildman–Crippen LogP) is 0.845. The van der Waals surface area contributed by atoms with Gasteiger partial charge < -0.3 is 15.2 Å². The fourth-order valence-electron chi connectivity index (χ4n) is 2.30. The van der Waals surface area contributed by atoms with Gasteiger partial charge >= 0.3 is 0 Å². The Balaban J connectivity index is 2.31. The summed E-state index contributed by atoms with van der Waals surface area (Å²) in [7, 11) is 0. The van der Waals surface area contributed by atoms with Crippen LogP contribution in [-0.4, -0.2) is 60.5 Å². The van der Waals surface area contributed by atoms with Crippen LogP contribution in [0.4, 0.5) is 0 Å². The second-order valence-electron chi connectivity index (χ2n) is 5.48. The van der Waals surface area contributed by atoms with Crippen molar-refractivity contribution >= 4 is 0 Å². The second kappa shape index (κ2) is 7.31. The lowest BCUT2D eigenvalue weighted by atomic mass is 10.1. The molecule has 0 aromatic carbocycles. The molecule has 0 bridgehead atoms. The van der Waals surface area contributed by atoms with Crippen molar-refractivity contribution in [2.75, 3.05) is 26.3 Å². The zero-order valence-corrected chi connectivity index (χ0v) is 11.6. The summed E-state index contributed by atoms with van der Waals surface area (Å²) in [6.45, 7) is 11.6. The van der Waals surface area contributed by atoms with Gasteiger partial charge in [-0.25, -0.2) is 0 Å². The molecule has 1 aliphatic rings. The molecule has 1 fully saturated rings. The molecule has 2 N–H and O–H groups in total. The van der Waals surface area contributed by atoms with Crippen LogP contribution >= 0.6 is 0 Å². The Morgan fingerprint density at radius 2 is 2.12 bits per heavy atom. The first-order chi connectivity index (χ1) is 8.02. The Morgan fingerprint density at radius 1 is 1.41 bits per heavy atom. The molecule has 1 aliphatic heterocycles. The van der Waals surface area contributed by atoms with Gasteiger partial charge in [-0.05, 0) is 20.3 Å². The monoisotopic (exact) mass is 244 g/mol. The Labute approximate surface area is 105 Å². The number of aliphatic hydroxyl groups excluding tert-OH is 1. The maximum Gasteiger partial charge on any atom is 0.0674 e. The molecule has 1 heterocycles. The minimum atomic E-state index is 0.209. The average molecular weight is 244 g/mol. The van der Waals surface area contributed by atoms with E-state index >= 15 is 0 Å². The van der Waals surface area contributed by atoms with Crippen LogP contribution in [-0.2, 0) is 4.74 Å². The average Bonchev–Trinajstić information content (AvgIpc) is 2.28. The first-order valence-electron chi connectivity index (χ1n) is 6.75. The quantitative estimate of drug-likeness (QED) is 0.727. The summed E-state index contributed by atoms with van der Waals surface area (Å²) in [6, 6.07) is 1.12. The van der Waals surface area contributed by atoms with Crippen molar-refractivity contribution in [3.05, 3.63) is 0 Å². The van der Waals surface area contributed by atoms with Crippen molar-refractivity contribution in [3.63, 3.8) is 0 Å². The molecule has 0 saturated carbocycles. The molecule has 0 spiro atoms. The highest BCUT2D eigenvalue weighted by atomic mass is 16.5. The van der Waals surface area contributed by atoms with Gasteiger partial charge in [0.25, 0.3) is 0 Å². The van der Waals surface area contributed by atoms with Crippen molar-refractivity contribution in [2.45, 2.75) is 58.3 Å². The van der Waals surface area contributed by atoms with Gasteiger partial charge in [0.1, 0.15) is 0 Å². The standard InChI is InChI=1S/C13H28N2O2/c1-10(2)14-13(8-16)5-6-15-7-12(4)17-9-11(15)3/h10-14,16H,5-9H2,1-4H3. The molecule has 0 radical (unpaired) electrons. The van der Waals surface area contributed by atoms with E-state index < -0.39 is 0 Å². The molecule has 0 aromatic rings. The van der Waals surface area contributed by atoms with Crippen LogP contribution in [0.1, 0.15) is 34.1 Å². The van der Waals surface area contributed by atoms with E-state index in [9.17, 15) is 5.11 Å². The molecule has 0 aromatic heterocycles. The first-order valence-corrected chi connectivity index (χ1v) is 6.75. The molecule has 4 heteroatoms. The molecule has 102 valence electrons. The van der Waals surface area contributed by atoms with Crippen LogP contribution in [0.25, 0.3) is 0 Å². The summed E-state index contributed by atoms with van der Waals surface area (Å²) in [5.74, 6) is 0. The Morgan fingerprint density at radius 3 is 2.71 bits per heavy atom. The van der Waals surface area contributed by atoms with Crippen molar-refractivity contribution in [1.82, 2.24) is 10.2 Å². The van der Waals surface area contributed by atoms with Gasteiger partial charge in [0.2, 0.25) is 0 Å². The van der Waals surface area contributed by atoms with Crippen LogP contribution in [0.2, 0.25) is 0 Å². The summed E-state index contributed by atoms with van der Waals surface area (Å²) in [5, 5.41) is 12.7. The molecule has 3 unspecified atom stereocenters. The zero-order chi connectivity index (χ0) is 12.8. The van der Waals surface area contributed by atoms with E-state index in [2.05, 4.69) is 37.9 Å². The third-order valence-electron chi connectivity index (χ3n) is 3.29. The van der Waals surface area contributed by atoms with Crippen LogP contribution in [0.5, 0.6) is 0 Å². The van der Waals surface area contributed by atoms with E-state index in [1.807, 2.05) is 0 Å². The van der Waals surface area contributed by atoms with Crippen molar-refractivity contribution in [3.8, 4) is 0 Å². The molecule has 0 aliphatic carbocycles. The van der Waals surface area contributed by atoms with Crippen molar-refractivity contribution < 1.29 is 9.84 Å². The van der Waals surface area contributed by atoms with Crippen molar-refractivity contribution in [2.24, 2.45) is 0 Å². The number of rotatable bonds is 6. The third-order valence-corrected chi connectivity index (χ3v) is 3.29. The Kier molecular flexibility index (Phi) is 6.41. The van der Waals surface area contributed by atoms with Crippen LogP contribution in [0, 0.1) is 0 Å². The van der Waals surface area contributed by atoms with Gasteiger partial charge in [-0.3, -0.25) is 4.90 Å². The molecule has 1 rings (SSSR count). The van der Waals surface area contributed by atoms with E-state index in [0.29, 0.717) is 18.2 Å². The van der Waals surface area contributed by atoms with E-state index in [-0.39, 0.29) is 12.6 Å². The fraction of sp³-hybridized carbons (Fsp3) is 1.00. The summed E-state index contributed by atoms with van der Waals surface area (Å²) >= 11 is 0. The summed E-state index contributed by atoms with van der Waals surface area (Å²) in [4.78, 5) is 2.46. The largest absolute Gasteiger partial charge is 0.395 e. The minimum Gasteiger partial charge on any atom is -0.395 e.